The normalized spacial score (nSPS) is 25.2. The lowest BCUT2D eigenvalue weighted by Gasteiger charge is -2.42. The minimum absolute atomic E-state index is 0.0218. The molecule has 1 aliphatic heterocycles. The van der Waals surface area contributed by atoms with Crippen molar-refractivity contribution in [3.63, 3.8) is 0 Å². The van der Waals surface area contributed by atoms with E-state index in [9.17, 15) is 23.1 Å². The van der Waals surface area contributed by atoms with Crippen LogP contribution in [0.2, 0.25) is 0 Å². The molecule has 1 saturated heterocycles. The van der Waals surface area contributed by atoms with Crippen LogP contribution in [0.4, 0.5) is 13.2 Å². The predicted octanol–water partition coefficient (Wildman–Crippen LogP) is 1.33. The average molecular weight is 281 g/mol. The van der Waals surface area contributed by atoms with Crippen molar-refractivity contribution >= 4 is 5.91 Å². The van der Waals surface area contributed by atoms with Gasteiger partial charge in [-0.25, -0.2) is 0 Å². The van der Waals surface area contributed by atoms with Crippen LogP contribution in [0.3, 0.4) is 0 Å². The standard InChI is InChI=1S/C12H18F3NO3/c1-19-11(12(13,14)15)4-6-16(7-5-11)9(18)10(8-17)2-3-10/h17H,2-8H2,1H3. The first-order valence-electron chi connectivity index (χ1n) is 6.32. The number of rotatable bonds is 3. The maximum Gasteiger partial charge on any atom is 0.417 e. The smallest absolute Gasteiger partial charge is 0.395 e. The van der Waals surface area contributed by atoms with Gasteiger partial charge in [0.15, 0.2) is 5.60 Å². The number of piperidine rings is 1. The SMILES string of the molecule is COC1(C(F)(F)F)CCN(C(=O)C2(CO)CC2)CC1. The van der Waals surface area contributed by atoms with Gasteiger partial charge in [-0.1, -0.05) is 0 Å². The molecule has 2 rings (SSSR count). The van der Waals surface area contributed by atoms with E-state index in [2.05, 4.69) is 4.74 Å². The molecule has 2 aliphatic rings. The van der Waals surface area contributed by atoms with Gasteiger partial charge in [-0.2, -0.15) is 13.2 Å². The highest BCUT2D eigenvalue weighted by molar-refractivity contribution is 5.85. The van der Waals surface area contributed by atoms with E-state index in [1.165, 1.54) is 4.90 Å². The van der Waals surface area contributed by atoms with Crippen molar-refractivity contribution in [2.24, 2.45) is 5.41 Å². The van der Waals surface area contributed by atoms with Crippen LogP contribution in [-0.2, 0) is 9.53 Å². The molecule has 19 heavy (non-hydrogen) atoms. The summed E-state index contributed by atoms with van der Waals surface area (Å²) in [6.07, 6.45) is -3.69. The molecule has 0 aromatic heterocycles. The van der Waals surface area contributed by atoms with E-state index in [-0.39, 0.29) is 38.4 Å². The van der Waals surface area contributed by atoms with Gasteiger partial charge >= 0.3 is 6.18 Å². The minimum atomic E-state index is -4.43. The summed E-state index contributed by atoms with van der Waals surface area (Å²) in [6, 6.07) is 0. The Labute approximate surface area is 109 Å². The molecule has 1 heterocycles. The summed E-state index contributed by atoms with van der Waals surface area (Å²) < 4.78 is 43.6. The van der Waals surface area contributed by atoms with Crippen LogP contribution in [0.25, 0.3) is 0 Å². The Morgan fingerprint density at radius 1 is 1.26 bits per heavy atom. The van der Waals surface area contributed by atoms with Crippen molar-refractivity contribution in [1.82, 2.24) is 4.90 Å². The lowest BCUT2D eigenvalue weighted by atomic mass is 9.89. The topological polar surface area (TPSA) is 49.8 Å². The summed E-state index contributed by atoms with van der Waals surface area (Å²) in [5, 5.41) is 9.18. The second kappa shape index (κ2) is 4.63. The van der Waals surface area contributed by atoms with E-state index < -0.39 is 17.2 Å². The van der Waals surface area contributed by atoms with Gasteiger partial charge in [0, 0.05) is 33.0 Å². The predicted molar refractivity (Wildman–Crippen MR) is 60.4 cm³/mol. The van der Waals surface area contributed by atoms with Crippen LogP contribution in [0.1, 0.15) is 25.7 Å². The van der Waals surface area contributed by atoms with Crippen molar-refractivity contribution in [1.29, 1.82) is 0 Å². The molecule has 1 saturated carbocycles. The van der Waals surface area contributed by atoms with E-state index in [4.69, 9.17) is 0 Å². The van der Waals surface area contributed by atoms with E-state index in [0.29, 0.717) is 12.8 Å². The largest absolute Gasteiger partial charge is 0.417 e. The molecule has 4 nitrogen and oxygen atoms in total. The van der Waals surface area contributed by atoms with Gasteiger partial charge in [0.05, 0.1) is 12.0 Å². The van der Waals surface area contributed by atoms with Gasteiger partial charge in [0.2, 0.25) is 5.91 Å². The Bertz CT molecular complexity index is 358. The maximum atomic E-state index is 13.0. The van der Waals surface area contributed by atoms with Gasteiger partial charge < -0.3 is 14.7 Å². The van der Waals surface area contributed by atoms with Crippen molar-refractivity contribution in [2.45, 2.75) is 37.5 Å². The molecular weight excluding hydrogens is 263 g/mol. The zero-order valence-corrected chi connectivity index (χ0v) is 10.8. The Balaban J connectivity index is 2.01. The van der Waals surface area contributed by atoms with Gasteiger partial charge in [-0.05, 0) is 12.8 Å². The summed E-state index contributed by atoms with van der Waals surface area (Å²) in [6.45, 7) is -0.182. The molecule has 2 fully saturated rings. The van der Waals surface area contributed by atoms with E-state index >= 15 is 0 Å². The van der Waals surface area contributed by atoms with Crippen LogP contribution in [0.5, 0.6) is 0 Å². The number of alkyl halides is 3. The quantitative estimate of drug-likeness (QED) is 0.849. The number of halogens is 3. The number of aliphatic hydroxyl groups excluding tert-OH is 1. The Hall–Kier alpha value is -0.820. The molecule has 1 N–H and O–H groups in total. The van der Waals surface area contributed by atoms with E-state index in [1.807, 2.05) is 0 Å². The molecule has 0 atom stereocenters. The van der Waals surface area contributed by atoms with Crippen LogP contribution in [0, 0.1) is 5.41 Å². The number of hydrogen-bond acceptors (Lipinski definition) is 3. The lowest BCUT2D eigenvalue weighted by molar-refractivity contribution is -0.282. The number of nitrogens with zero attached hydrogens (tertiary/aromatic N) is 1. The number of hydrogen-bond donors (Lipinski definition) is 1. The van der Waals surface area contributed by atoms with E-state index in [1.54, 1.807) is 0 Å². The fourth-order valence-corrected chi connectivity index (χ4v) is 2.60. The number of amides is 1. The number of ether oxygens (including phenoxy) is 1. The van der Waals surface area contributed by atoms with Crippen LogP contribution >= 0.6 is 0 Å². The molecule has 0 radical (unpaired) electrons. The molecule has 0 bridgehead atoms. The zero-order chi connectivity index (χ0) is 14.3. The van der Waals surface area contributed by atoms with Crippen molar-refractivity contribution < 1.29 is 27.8 Å². The third-order valence-electron chi connectivity index (χ3n) is 4.38. The monoisotopic (exact) mass is 281 g/mol. The Morgan fingerprint density at radius 3 is 2.11 bits per heavy atom. The molecule has 0 aromatic carbocycles. The number of aliphatic hydroxyl groups is 1. The number of methoxy groups -OCH3 is 1. The Kier molecular flexibility index (Phi) is 3.55. The highest BCUT2D eigenvalue weighted by Gasteiger charge is 2.58. The Morgan fingerprint density at radius 2 is 1.79 bits per heavy atom. The van der Waals surface area contributed by atoms with Gasteiger partial charge in [-0.15, -0.1) is 0 Å². The first kappa shape index (κ1) is 14.6. The third kappa shape index (κ3) is 2.33. The van der Waals surface area contributed by atoms with Crippen LogP contribution in [0.15, 0.2) is 0 Å². The molecule has 1 aliphatic carbocycles. The van der Waals surface area contributed by atoms with Gasteiger partial charge in [0.1, 0.15) is 0 Å². The highest BCUT2D eigenvalue weighted by atomic mass is 19.4. The first-order chi connectivity index (χ1) is 8.80. The van der Waals surface area contributed by atoms with Crippen molar-refractivity contribution in [3.8, 4) is 0 Å². The second-order valence-electron chi connectivity index (χ2n) is 5.43. The molecule has 0 spiro atoms. The fraction of sp³-hybridized carbons (Fsp3) is 0.917. The van der Waals surface area contributed by atoms with Crippen LogP contribution in [-0.4, -0.2) is 54.5 Å². The summed E-state index contributed by atoms with van der Waals surface area (Å²) >= 11 is 0. The maximum absolute atomic E-state index is 13.0. The fourth-order valence-electron chi connectivity index (χ4n) is 2.60. The van der Waals surface area contributed by atoms with Gasteiger partial charge in [-0.3, -0.25) is 4.79 Å². The third-order valence-corrected chi connectivity index (χ3v) is 4.38. The first-order valence-corrected chi connectivity index (χ1v) is 6.32. The number of likely N-dealkylation sites (tertiary alicyclic amines) is 1. The molecule has 0 unspecified atom stereocenters. The summed E-state index contributed by atoms with van der Waals surface area (Å²) in [7, 11) is 1.06. The number of carbonyl (C=O) groups is 1. The number of carbonyl (C=O) groups excluding carboxylic acids is 1. The molecule has 7 heteroatoms. The summed E-state index contributed by atoms with van der Waals surface area (Å²) in [4.78, 5) is 13.5. The van der Waals surface area contributed by atoms with E-state index in [0.717, 1.165) is 7.11 Å². The highest BCUT2D eigenvalue weighted by Crippen LogP contribution is 2.48. The summed E-state index contributed by atoms with van der Waals surface area (Å²) in [5.41, 5.74) is -2.86. The van der Waals surface area contributed by atoms with Crippen LogP contribution < -0.4 is 0 Å². The zero-order valence-electron chi connectivity index (χ0n) is 10.8. The second-order valence-corrected chi connectivity index (χ2v) is 5.43. The lowest BCUT2D eigenvalue weighted by Crippen LogP contribution is -2.56. The minimum Gasteiger partial charge on any atom is -0.395 e. The molecule has 1 amide bonds. The van der Waals surface area contributed by atoms with Crippen molar-refractivity contribution in [2.75, 3.05) is 26.8 Å². The molecule has 0 aromatic rings. The average Bonchev–Trinajstić information content (AvgIpc) is 3.17. The molecule has 110 valence electrons. The van der Waals surface area contributed by atoms with Gasteiger partial charge in [0.25, 0.3) is 0 Å². The van der Waals surface area contributed by atoms with Crippen molar-refractivity contribution in [3.05, 3.63) is 0 Å². The molecular formula is C12H18F3NO3. The summed E-state index contributed by atoms with van der Waals surface area (Å²) in [5.74, 6) is -0.220.